The third-order valence-electron chi connectivity index (χ3n) is 2.34. The van der Waals surface area contributed by atoms with Crippen molar-refractivity contribution in [3.05, 3.63) is 35.9 Å². The highest BCUT2D eigenvalue weighted by Gasteiger charge is 2.07. The zero-order valence-corrected chi connectivity index (χ0v) is 9.89. The standard InChI is InChI=1S/C13H15NO4/c15-11(10-5-2-1-3-6-10)7-4-8-12(16)14-9-13(17)18/h1-3,5-6H,4,7-9H2,(H,14,16)(H,17,18). The van der Waals surface area contributed by atoms with Crippen molar-refractivity contribution in [2.24, 2.45) is 0 Å². The van der Waals surface area contributed by atoms with E-state index in [-0.39, 0.29) is 31.1 Å². The molecule has 0 unspecified atom stereocenters. The third-order valence-corrected chi connectivity index (χ3v) is 2.34. The van der Waals surface area contributed by atoms with Crippen LogP contribution in [0.25, 0.3) is 0 Å². The van der Waals surface area contributed by atoms with Gasteiger partial charge in [-0.05, 0) is 6.42 Å². The molecule has 1 amide bonds. The van der Waals surface area contributed by atoms with Gasteiger partial charge in [0.25, 0.3) is 0 Å². The first-order valence-electron chi connectivity index (χ1n) is 5.66. The highest BCUT2D eigenvalue weighted by Crippen LogP contribution is 2.06. The Hall–Kier alpha value is -2.17. The molecule has 0 saturated carbocycles. The van der Waals surface area contributed by atoms with Gasteiger partial charge in [0.1, 0.15) is 6.54 Å². The minimum Gasteiger partial charge on any atom is -0.480 e. The quantitative estimate of drug-likeness (QED) is 0.712. The Morgan fingerprint density at radius 1 is 1.06 bits per heavy atom. The lowest BCUT2D eigenvalue weighted by Crippen LogP contribution is -2.29. The molecular weight excluding hydrogens is 234 g/mol. The van der Waals surface area contributed by atoms with Gasteiger partial charge in [0, 0.05) is 18.4 Å². The van der Waals surface area contributed by atoms with Crippen molar-refractivity contribution in [1.29, 1.82) is 0 Å². The first-order chi connectivity index (χ1) is 8.59. The third kappa shape index (κ3) is 5.25. The molecule has 0 aromatic heterocycles. The minimum atomic E-state index is -1.08. The van der Waals surface area contributed by atoms with Gasteiger partial charge in [-0.1, -0.05) is 30.3 Å². The van der Waals surface area contributed by atoms with Crippen molar-refractivity contribution >= 4 is 17.7 Å². The predicted molar refractivity (Wildman–Crippen MR) is 65.3 cm³/mol. The molecule has 0 bridgehead atoms. The van der Waals surface area contributed by atoms with E-state index in [4.69, 9.17) is 5.11 Å². The summed E-state index contributed by atoms with van der Waals surface area (Å²) in [5.74, 6) is -1.44. The summed E-state index contributed by atoms with van der Waals surface area (Å²) in [5.41, 5.74) is 0.628. The smallest absolute Gasteiger partial charge is 0.322 e. The van der Waals surface area contributed by atoms with E-state index >= 15 is 0 Å². The molecular formula is C13H15NO4. The number of carboxylic acids is 1. The number of benzene rings is 1. The monoisotopic (exact) mass is 249 g/mol. The zero-order valence-electron chi connectivity index (χ0n) is 9.89. The van der Waals surface area contributed by atoms with Crippen molar-refractivity contribution < 1.29 is 19.5 Å². The zero-order chi connectivity index (χ0) is 13.4. The molecule has 0 heterocycles. The van der Waals surface area contributed by atoms with Gasteiger partial charge in [-0.25, -0.2) is 0 Å². The van der Waals surface area contributed by atoms with Crippen LogP contribution in [0, 0.1) is 0 Å². The summed E-state index contributed by atoms with van der Waals surface area (Å²) in [6.45, 7) is -0.383. The van der Waals surface area contributed by atoms with Gasteiger partial charge < -0.3 is 10.4 Å². The molecule has 18 heavy (non-hydrogen) atoms. The van der Waals surface area contributed by atoms with E-state index in [9.17, 15) is 14.4 Å². The van der Waals surface area contributed by atoms with Crippen LogP contribution in [0.15, 0.2) is 30.3 Å². The van der Waals surface area contributed by atoms with Crippen molar-refractivity contribution in [2.45, 2.75) is 19.3 Å². The Bertz CT molecular complexity index is 428. The number of rotatable bonds is 7. The van der Waals surface area contributed by atoms with Gasteiger partial charge in [-0.3, -0.25) is 14.4 Å². The molecule has 0 aliphatic carbocycles. The summed E-state index contributed by atoms with van der Waals surface area (Å²) >= 11 is 0. The average molecular weight is 249 g/mol. The fourth-order valence-corrected chi connectivity index (χ4v) is 1.44. The summed E-state index contributed by atoms with van der Waals surface area (Å²) in [7, 11) is 0. The summed E-state index contributed by atoms with van der Waals surface area (Å²) in [4.78, 5) is 33.0. The molecule has 0 spiro atoms. The fourth-order valence-electron chi connectivity index (χ4n) is 1.44. The Morgan fingerprint density at radius 2 is 1.72 bits per heavy atom. The molecule has 1 aromatic rings. The highest BCUT2D eigenvalue weighted by molar-refractivity contribution is 5.96. The predicted octanol–water partition coefficient (Wildman–Crippen LogP) is 1.24. The van der Waals surface area contributed by atoms with E-state index in [0.29, 0.717) is 12.0 Å². The average Bonchev–Trinajstić information content (AvgIpc) is 2.37. The van der Waals surface area contributed by atoms with E-state index in [1.807, 2.05) is 6.07 Å². The Labute approximate surface area is 105 Å². The number of carbonyl (C=O) groups excluding carboxylic acids is 2. The van der Waals surface area contributed by atoms with Gasteiger partial charge in [0.05, 0.1) is 0 Å². The van der Waals surface area contributed by atoms with Crippen LogP contribution in [0.3, 0.4) is 0 Å². The molecule has 0 radical (unpaired) electrons. The van der Waals surface area contributed by atoms with E-state index in [1.165, 1.54) is 0 Å². The largest absolute Gasteiger partial charge is 0.480 e. The number of aliphatic carboxylic acids is 1. The number of nitrogens with one attached hydrogen (secondary N) is 1. The Kier molecular flexibility index (Phi) is 5.57. The number of hydrogen-bond donors (Lipinski definition) is 2. The van der Waals surface area contributed by atoms with Gasteiger partial charge >= 0.3 is 5.97 Å². The summed E-state index contributed by atoms with van der Waals surface area (Å²) in [6.07, 6.45) is 0.857. The molecule has 2 N–H and O–H groups in total. The SMILES string of the molecule is O=C(O)CNC(=O)CCCC(=O)c1ccccc1. The maximum Gasteiger partial charge on any atom is 0.322 e. The van der Waals surface area contributed by atoms with Crippen LogP contribution in [-0.4, -0.2) is 29.3 Å². The maximum atomic E-state index is 11.7. The van der Waals surface area contributed by atoms with E-state index in [0.717, 1.165) is 0 Å². The number of Topliss-reactive ketones (excluding diaryl/α,β-unsaturated/α-hetero) is 1. The highest BCUT2D eigenvalue weighted by atomic mass is 16.4. The lowest BCUT2D eigenvalue weighted by atomic mass is 10.1. The molecule has 1 rings (SSSR count). The molecule has 5 heteroatoms. The van der Waals surface area contributed by atoms with Crippen LogP contribution in [0.5, 0.6) is 0 Å². The van der Waals surface area contributed by atoms with Crippen LogP contribution >= 0.6 is 0 Å². The maximum absolute atomic E-state index is 11.7. The molecule has 1 aromatic carbocycles. The van der Waals surface area contributed by atoms with Crippen molar-refractivity contribution in [1.82, 2.24) is 5.32 Å². The lowest BCUT2D eigenvalue weighted by Gasteiger charge is -2.02. The lowest BCUT2D eigenvalue weighted by molar-refractivity contribution is -0.137. The second-order valence-electron chi connectivity index (χ2n) is 3.81. The van der Waals surface area contributed by atoms with Crippen LogP contribution in [0.2, 0.25) is 0 Å². The summed E-state index contributed by atoms with van der Waals surface area (Å²) < 4.78 is 0. The summed E-state index contributed by atoms with van der Waals surface area (Å²) in [5, 5.41) is 10.6. The van der Waals surface area contributed by atoms with Gasteiger partial charge in [0.15, 0.2) is 5.78 Å². The first kappa shape index (κ1) is 13.9. The Morgan fingerprint density at radius 3 is 2.33 bits per heavy atom. The number of carbonyl (C=O) groups is 3. The fraction of sp³-hybridized carbons (Fsp3) is 0.308. The van der Waals surface area contributed by atoms with E-state index in [1.54, 1.807) is 24.3 Å². The van der Waals surface area contributed by atoms with Gasteiger partial charge in [0.2, 0.25) is 5.91 Å². The molecule has 0 aliphatic heterocycles. The van der Waals surface area contributed by atoms with Crippen LogP contribution in [-0.2, 0) is 9.59 Å². The van der Waals surface area contributed by atoms with Crippen LogP contribution in [0.1, 0.15) is 29.6 Å². The normalized spacial score (nSPS) is 9.78. The minimum absolute atomic E-state index is 0.0124. The van der Waals surface area contributed by atoms with Gasteiger partial charge in [-0.2, -0.15) is 0 Å². The number of amides is 1. The molecule has 5 nitrogen and oxygen atoms in total. The number of ketones is 1. The van der Waals surface area contributed by atoms with Crippen molar-refractivity contribution in [3.63, 3.8) is 0 Å². The van der Waals surface area contributed by atoms with Gasteiger partial charge in [-0.15, -0.1) is 0 Å². The van der Waals surface area contributed by atoms with Crippen molar-refractivity contribution in [3.8, 4) is 0 Å². The first-order valence-corrected chi connectivity index (χ1v) is 5.66. The molecule has 0 saturated heterocycles. The summed E-state index contributed by atoms with van der Waals surface area (Å²) in [6, 6.07) is 8.86. The van der Waals surface area contributed by atoms with Crippen LogP contribution in [0.4, 0.5) is 0 Å². The number of hydrogen-bond acceptors (Lipinski definition) is 3. The molecule has 0 atom stereocenters. The van der Waals surface area contributed by atoms with E-state index < -0.39 is 5.97 Å². The molecule has 0 fully saturated rings. The molecule has 96 valence electrons. The van der Waals surface area contributed by atoms with Crippen molar-refractivity contribution in [2.75, 3.05) is 6.54 Å². The topological polar surface area (TPSA) is 83.5 Å². The van der Waals surface area contributed by atoms with E-state index in [2.05, 4.69) is 5.32 Å². The van der Waals surface area contributed by atoms with Crippen LogP contribution < -0.4 is 5.32 Å². The molecule has 0 aliphatic rings. The second kappa shape index (κ2) is 7.21. The Balaban J connectivity index is 2.24. The second-order valence-corrected chi connectivity index (χ2v) is 3.81. The number of carboxylic acid groups (broad SMARTS) is 1.